The molecular weight excluding hydrogens is 368 g/mol. The van der Waals surface area contributed by atoms with Gasteiger partial charge in [-0.3, -0.25) is 4.79 Å². The van der Waals surface area contributed by atoms with E-state index in [-0.39, 0.29) is 11.8 Å². The monoisotopic (exact) mass is 400 g/mol. The summed E-state index contributed by atoms with van der Waals surface area (Å²) >= 11 is 0. The molecule has 3 heteroatoms. The van der Waals surface area contributed by atoms with Crippen molar-refractivity contribution < 1.29 is 4.79 Å². The van der Waals surface area contributed by atoms with E-state index in [4.69, 9.17) is 5.10 Å². The van der Waals surface area contributed by atoms with Gasteiger partial charge in [0.25, 0.3) is 5.91 Å². The van der Waals surface area contributed by atoms with Crippen LogP contribution in [0.3, 0.4) is 0 Å². The first-order valence-corrected chi connectivity index (χ1v) is 11.2. The molecule has 1 aliphatic carbocycles. The Morgan fingerprint density at radius 3 is 2.27 bits per heavy atom. The standard InChI is InChI=1S/C27H32N2O/c1-18(2)23-16-15-19(3)24-25(23)28-29(26(24)22-13-9-6-10-14-22)27(30)20(4)17-21-11-7-5-8-12-21/h5-14,18-20,23H,15-17H2,1-4H3/t19-,20-,23+/m1/s1. The van der Waals surface area contributed by atoms with Gasteiger partial charge in [-0.15, -0.1) is 0 Å². The number of nitrogens with zero attached hydrogens (tertiary/aromatic N) is 2. The molecule has 3 aromatic rings. The van der Waals surface area contributed by atoms with Crippen LogP contribution in [0.4, 0.5) is 0 Å². The molecule has 0 amide bonds. The molecule has 30 heavy (non-hydrogen) atoms. The van der Waals surface area contributed by atoms with Crippen LogP contribution < -0.4 is 0 Å². The minimum absolute atomic E-state index is 0.0850. The third kappa shape index (κ3) is 3.86. The van der Waals surface area contributed by atoms with Crippen molar-refractivity contribution in [3.05, 3.63) is 77.5 Å². The lowest BCUT2D eigenvalue weighted by Crippen LogP contribution is -2.23. The van der Waals surface area contributed by atoms with E-state index in [0.717, 1.165) is 36.2 Å². The number of benzene rings is 2. The summed E-state index contributed by atoms with van der Waals surface area (Å²) in [6.07, 6.45) is 3.02. The first-order valence-electron chi connectivity index (χ1n) is 11.2. The Labute approximate surface area is 180 Å². The molecule has 0 N–H and O–H groups in total. The topological polar surface area (TPSA) is 34.9 Å². The second kappa shape index (κ2) is 8.59. The number of fused-ring (bicyclic) bond motifs is 1. The number of carbonyl (C=O) groups is 1. The van der Waals surface area contributed by atoms with E-state index < -0.39 is 0 Å². The lowest BCUT2D eigenvalue weighted by Gasteiger charge is -2.28. The summed E-state index contributed by atoms with van der Waals surface area (Å²) < 4.78 is 1.74. The first kappa shape index (κ1) is 20.6. The molecule has 0 fully saturated rings. The molecule has 156 valence electrons. The van der Waals surface area contributed by atoms with E-state index >= 15 is 0 Å². The number of carbonyl (C=O) groups excluding carboxylic acids is 1. The van der Waals surface area contributed by atoms with Crippen molar-refractivity contribution >= 4 is 5.91 Å². The summed E-state index contributed by atoms with van der Waals surface area (Å²) in [7, 11) is 0. The van der Waals surface area contributed by atoms with Crippen molar-refractivity contribution in [2.24, 2.45) is 11.8 Å². The quantitative estimate of drug-likeness (QED) is 0.477. The highest BCUT2D eigenvalue weighted by atomic mass is 16.2. The molecule has 3 atom stereocenters. The third-order valence-electron chi connectivity index (χ3n) is 6.57. The summed E-state index contributed by atoms with van der Waals surface area (Å²) in [5.74, 6) is 1.29. The molecule has 1 aliphatic rings. The van der Waals surface area contributed by atoms with Gasteiger partial charge in [-0.2, -0.15) is 9.78 Å². The van der Waals surface area contributed by atoms with E-state index in [2.05, 4.69) is 45.0 Å². The normalized spacial score (nSPS) is 19.5. The van der Waals surface area contributed by atoms with Crippen LogP contribution in [-0.2, 0) is 6.42 Å². The molecule has 0 saturated carbocycles. The molecule has 1 aromatic heterocycles. The zero-order chi connectivity index (χ0) is 21.3. The molecule has 0 bridgehead atoms. The highest BCUT2D eigenvalue weighted by Crippen LogP contribution is 2.46. The zero-order valence-electron chi connectivity index (χ0n) is 18.5. The Kier molecular flexibility index (Phi) is 5.90. The number of aromatic nitrogens is 2. The van der Waals surface area contributed by atoms with Crippen LogP contribution in [0.15, 0.2) is 60.7 Å². The molecule has 0 unspecified atom stereocenters. The van der Waals surface area contributed by atoms with Gasteiger partial charge in [0.2, 0.25) is 0 Å². The fourth-order valence-electron chi connectivity index (χ4n) is 4.86. The van der Waals surface area contributed by atoms with Crippen LogP contribution >= 0.6 is 0 Å². The Hall–Kier alpha value is -2.68. The highest BCUT2D eigenvalue weighted by Gasteiger charge is 2.35. The van der Waals surface area contributed by atoms with Crippen molar-refractivity contribution in [1.29, 1.82) is 0 Å². The molecular formula is C27H32N2O. The van der Waals surface area contributed by atoms with Crippen molar-refractivity contribution in [1.82, 2.24) is 9.78 Å². The van der Waals surface area contributed by atoms with Crippen molar-refractivity contribution in [2.75, 3.05) is 0 Å². The van der Waals surface area contributed by atoms with Gasteiger partial charge in [-0.05, 0) is 36.7 Å². The molecule has 0 aliphatic heterocycles. The summed E-state index contributed by atoms with van der Waals surface area (Å²) in [6.45, 7) is 8.84. The van der Waals surface area contributed by atoms with E-state index in [1.165, 1.54) is 11.1 Å². The molecule has 4 rings (SSSR count). The second-order valence-electron chi connectivity index (χ2n) is 9.18. The number of hydrogen-bond donors (Lipinski definition) is 0. The van der Waals surface area contributed by atoms with Crippen LogP contribution in [0.5, 0.6) is 0 Å². The second-order valence-corrected chi connectivity index (χ2v) is 9.18. The molecule has 1 heterocycles. The Bertz CT molecular complexity index is 1000. The van der Waals surface area contributed by atoms with Crippen LogP contribution in [0.2, 0.25) is 0 Å². The average Bonchev–Trinajstić information content (AvgIpc) is 3.16. The van der Waals surface area contributed by atoms with Crippen LogP contribution in [-0.4, -0.2) is 15.7 Å². The fourth-order valence-corrected chi connectivity index (χ4v) is 4.86. The van der Waals surface area contributed by atoms with E-state index in [9.17, 15) is 4.79 Å². The Balaban J connectivity index is 1.81. The fraction of sp³-hybridized carbons (Fsp3) is 0.407. The van der Waals surface area contributed by atoms with E-state index in [1.807, 2.05) is 43.3 Å². The van der Waals surface area contributed by atoms with Gasteiger partial charge in [0.15, 0.2) is 0 Å². The van der Waals surface area contributed by atoms with Gasteiger partial charge in [0, 0.05) is 23.0 Å². The SMILES string of the molecule is CC(C)[C@@H]1CC[C@@H](C)c2c1nn(C(=O)[C@H](C)Cc1ccccc1)c2-c1ccccc1. The van der Waals surface area contributed by atoms with Gasteiger partial charge in [-0.25, -0.2) is 0 Å². The van der Waals surface area contributed by atoms with Gasteiger partial charge in [0.1, 0.15) is 0 Å². The molecule has 0 saturated heterocycles. The Morgan fingerprint density at radius 1 is 1.00 bits per heavy atom. The van der Waals surface area contributed by atoms with Crippen molar-refractivity contribution in [3.63, 3.8) is 0 Å². The van der Waals surface area contributed by atoms with Crippen LogP contribution in [0.25, 0.3) is 11.3 Å². The summed E-state index contributed by atoms with van der Waals surface area (Å²) in [5, 5.41) is 5.01. The van der Waals surface area contributed by atoms with Crippen molar-refractivity contribution in [3.8, 4) is 11.3 Å². The first-order chi connectivity index (χ1) is 14.5. The average molecular weight is 401 g/mol. The summed E-state index contributed by atoms with van der Waals surface area (Å²) in [6, 6.07) is 20.6. The van der Waals surface area contributed by atoms with E-state index in [0.29, 0.717) is 17.8 Å². The minimum atomic E-state index is -0.135. The molecule has 3 nitrogen and oxygen atoms in total. The maximum atomic E-state index is 13.6. The maximum absolute atomic E-state index is 13.6. The zero-order valence-corrected chi connectivity index (χ0v) is 18.5. The molecule has 0 spiro atoms. The summed E-state index contributed by atoms with van der Waals surface area (Å²) in [5.41, 5.74) is 5.70. The third-order valence-corrected chi connectivity index (χ3v) is 6.57. The lowest BCUT2D eigenvalue weighted by atomic mass is 9.75. The number of rotatable bonds is 5. The van der Waals surface area contributed by atoms with Crippen LogP contribution in [0.1, 0.15) is 74.0 Å². The molecule has 2 aromatic carbocycles. The predicted octanol–water partition coefficient (Wildman–Crippen LogP) is 6.71. The van der Waals surface area contributed by atoms with Gasteiger partial charge in [0.05, 0.1) is 11.4 Å². The van der Waals surface area contributed by atoms with Crippen molar-refractivity contribution in [2.45, 2.75) is 58.8 Å². The van der Waals surface area contributed by atoms with Gasteiger partial charge < -0.3 is 0 Å². The summed E-state index contributed by atoms with van der Waals surface area (Å²) in [4.78, 5) is 13.6. The lowest BCUT2D eigenvalue weighted by molar-refractivity contribution is 0.0829. The van der Waals surface area contributed by atoms with Gasteiger partial charge >= 0.3 is 0 Å². The minimum Gasteiger partial charge on any atom is -0.272 e. The predicted molar refractivity (Wildman–Crippen MR) is 123 cm³/mol. The maximum Gasteiger partial charge on any atom is 0.250 e. The number of hydrogen-bond acceptors (Lipinski definition) is 2. The Morgan fingerprint density at radius 2 is 1.63 bits per heavy atom. The van der Waals surface area contributed by atoms with Crippen LogP contribution in [0, 0.1) is 11.8 Å². The molecule has 0 radical (unpaired) electrons. The largest absolute Gasteiger partial charge is 0.272 e. The van der Waals surface area contributed by atoms with Gasteiger partial charge in [-0.1, -0.05) is 88.4 Å². The smallest absolute Gasteiger partial charge is 0.250 e. The van der Waals surface area contributed by atoms with E-state index in [1.54, 1.807) is 4.68 Å². The highest BCUT2D eigenvalue weighted by molar-refractivity contribution is 5.86.